The van der Waals surface area contributed by atoms with Crippen molar-refractivity contribution >= 4 is 27.7 Å². The quantitative estimate of drug-likeness (QED) is 0.400. The summed E-state index contributed by atoms with van der Waals surface area (Å²) in [5, 5.41) is 18.8. The monoisotopic (exact) mass is 431 g/mol. The summed E-state index contributed by atoms with van der Waals surface area (Å²) >= 11 is 0. The Morgan fingerprint density at radius 2 is 1.61 bits per heavy atom. The van der Waals surface area contributed by atoms with Crippen molar-refractivity contribution in [3.63, 3.8) is 0 Å². The molecule has 0 spiro atoms. The molecule has 0 unspecified atom stereocenters. The van der Waals surface area contributed by atoms with Crippen LogP contribution in [0.2, 0.25) is 0 Å². The lowest BCUT2D eigenvalue weighted by atomic mass is 9.86. The fourth-order valence-electron chi connectivity index (χ4n) is 4.02. The molecule has 3 aromatic carbocycles. The average molecular weight is 431 g/mol. The number of nitrogens with zero attached hydrogens (tertiary/aromatic N) is 3. The van der Waals surface area contributed by atoms with E-state index in [0.29, 0.717) is 5.56 Å². The number of aromatic amines is 1. The summed E-state index contributed by atoms with van der Waals surface area (Å²) in [6, 6.07) is 23.6. The van der Waals surface area contributed by atoms with Crippen LogP contribution >= 0.6 is 0 Å². The van der Waals surface area contributed by atoms with Gasteiger partial charge in [-0.3, -0.25) is 9.89 Å². The first-order valence-electron chi connectivity index (χ1n) is 10.6. The first-order chi connectivity index (χ1) is 15.9. The molecule has 0 radical (unpaired) electrons. The molecular formula is C27H21N5O. The zero-order chi connectivity index (χ0) is 23.2. The Balaban J connectivity index is 1.62. The molecule has 160 valence electrons. The van der Waals surface area contributed by atoms with E-state index in [4.69, 9.17) is 10.7 Å². The first kappa shape index (κ1) is 20.4. The standard InChI is InChI=1S/C27H21N5O/c1-27(2,15-28)20-10-7-17(8-11-20)24-25-22(14-30-32-25)21-13-19(9-12-23(21)31-24)16-3-5-18(6-4-16)26(29)33/h3-14H,1-2H3,(H2,29,33)(H,30,32). The maximum atomic E-state index is 11.4. The molecule has 0 atom stereocenters. The van der Waals surface area contributed by atoms with Crippen molar-refractivity contribution in [2.24, 2.45) is 5.73 Å². The summed E-state index contributed by atoms with van der Waals surface area (Å²) in [5.74, 6) is -0.443. The molecule has 6 nitrogen and oxygen atoms in total. The minimum absolute atomic E-state index is 0.443. The highest BCUT2D eigenvalue weighted by atomic mass is 16.1. The third-order valence-corrected chi connectivity index (χ3v) is 6.06. The van der Waals surface area contributed by atoms with Crippen molar-refractivity contribution in [2.75, 3.05) is 0 Å². The lowest BCUT2D eigenvalue weighted by molar-refractivity contribution is 0.100. The summed E-state index contributed by atoms with van der Waals surface area (Å²) in [6.07, 6.45) is 1.82. The van der Waals surface area contributed by atoms with Gasteiger partial charge in [-0.05, 0) is 54.8 Å². The van der Waals surface area contributed by atoms with Gasteiger partial charge in [0.25, 0.3) is 0 Å². The Hall–Kier alpha value is -4.50. The summed E-state index contributed by atoms with van der Waals surface area (Å²) in [5.41, 5.74) is 11.7. The van der Waals surface area contributed by atoms with Gasteiger partial charge in [0.05, 0.1) is 34.4 Å². The van der Waals surface area contributed by atoms with Crippen LogP contribution in [-0.4, -0.2) is 21.1 Å². The molecule has 0 saturated carbocycles. The van der Waals surface area contributed by atoms with Gasteiger partial charge in [-0.15, -0.1) is 0 Å². The van der Waals surface area contributed by atoms with E-state index in [9.17, 15) is 10.1 Å². The molecule has 5 rings (SSSR count). The van der Waals surface area contributed by atoms with Crippen LogP contribution in [0, 0.1) is 11.3 Å². The number of carbonyl (C=O) groups is 1. The van der Waals surface area contributed by atoms with Crippen molar-refractivity contribution in [1.29, 1.82) is 5.26 Å². The van der Waals surface area contributed by atoms with Crippen LogP contribution in [0.15, 0.2) is 72.9 Å². The third kappa shape index (κ3) is 3.50. The number of amides is 1. The van der Waals surface area contributed by atoms with Gasteiger partial charge < -0.3 is 5.73 Å². The van der Waals surface area contributed by atoms with E-state index < -0.39 is 11.3 Å². The van der Waals surface area contributed by atoms with Gasteiger partial charge in [-0.25, -0.2) is 4.98 Å². The number of aromatic nitrogens is 3. The molecule has 0 aliphatic carbocycles. The highest BCUT2D eigenvalue weighted by molar-refractivity contribution is 6.10. The van der Waals surface area contributed by atoms with E-state index in [1.165, 1.54) is 0 Å². The van der Waals surface area contributed by atoms with Crippen LogP contribution in [0.3, 0.4) is 0 Å². The number of fused-ring (bicyclic) bond motifs is 3. The highest BCUT2D eigenvalue weighted by Gasteiger charge is 2.20. The molecule has 0 aliphatic rings. The van der Waals surface area contributed by atoms with E-state index in [0.717, 1.165) is 49.8 Å². The minimum Gasteiger partial charge on any atom is -0.366 e. The Morgan fingerprint density at radius 3 is 2.27 bits per heavy atom. The van der Waals surface area contributed by atoms with E-state index in [-0.39, 0.29) is 0 Å². The number of benzene rings is 3. The van der Waals surface area contributed by atoms with E-state index in [1.807, 2.05) is 68.6 Å². The molecule has 3 N–H and O–H groups in total. The summed E-state index contributed by atoms with van der Waals surface area (Å²) in [7, 11) is 0. The number of nitrogens with two attached hydrogens (primary N) is 1. The van der Waals surface area contributed by atoms with E-state index in [1.54, 1.807) is 12.1 Å². The molecule has 0 fully saturated rings. The van der Waals surface area contributed by atoms with Crippen LogP contribution in [0.25, 0.3) is 44.2 Å². The molecule has 0 saturated heterocycles. The van der Waals surface area contributed by atoms with Crippen molar-refractivity contribution in [2.45, 2.75) is 19.3 Å². The summed E-state index contributed by atoms with van der Waals surface area (Å²) < 4.78 is 0. The lowest BCUT2D eigenvalue weighted by Crippen LogP contribution is -2.13. The van der Waals surface area contributed by atoms with Gasteiger partial charge >= 0.3 is 0 Å². The molecule has 0 aliphatic heterocycles. The zero-order valence-electron chi connectivity index (χ0n) is 18.3. The molecule has 6 heteroatoms. The lowest BCUT2D eigenvalue weighted by Gasteiger charge is -2.16. The predicted octanol–water partition coefficient (Wildman–Crippen LogP) is 5.35. The number of rotatable bonds is 4. The summed E-state index contributed by atoms with van der Waals surface area (Å²) in [4.78, 5) is 16.3. The van der Waals surface area contributed by atoms with Crippen LogP contribution < -0.4 is 5.73 Å². The topological polar surface area (TPSA) is 108 Å². The number of hydrogen-bond donors (Lipinski definition) is 2. The van der Waals surface area contributed by atoms with Crippen LogP contribution in [-0.2, 0) is 5.41 Å². The third-order valence-electron chi connectivity index (χ3n) is 6.06. The van der Waals surface area contributed by atoms with Gasteiger partial charge in [0.2, 0.25) is 5.91 Å². The Kier molecular flexibility index (Phi) is 4.68. The van der Waals surface area contributed by atoms with Gasteiger partial charge in [0, 0.05) is 21.9 Å². The van der Waals surface area contributed by atoms with Crippen LogP contribution in [0.4, 0.5) is 0 Å². The minimum atomic E-state index is -0.551. The normalized spacial score (nSPS) is 11.5. The average Bonchev–Trinajstić information content (AvgIpc) is 3.34. The molecule has 0 bridgehead atoms. The number of H-pyrrole nitrogens is 1. The summed E-state index contributed by atoms with van der Waals surface area (Å²) in [6.45, 7) is 3.81. The number of hydrogen-bond acceptors (Lipinski definition) is 4. The van der Waals surface area contributed by atoms with Crippen molar-refractivity contribution < 1.29 is 4.79 Å². The number of pyridine rings is 1. The molecular weight excluding hydrogens is 410 g/mol. The van der Waals surface area contributed by atoms with Crippen LogP contribution in [0.5, 0.6) is 0 Å². The smallest absolute Gasteiger partial charge is 0.248 e. The zero-order valence-corrected chi connectivity index (χ0v) is 18.3. The molecule has 2 heterocycles. The van der Waals surface area contributed by atoms with Gasteiger partial charge in [-0.2, -0.15) is 10.4 Å². The Labute approximate surface area is 190 Å². The fraction of sp³-hybridized carbons (Fsp3) is 0.111. The van der Waals surface area contributed by atoms with E-state index in [2.05, 4.69) is 22.3 Å². The van der Waals surface area contributed by atoms with Gasteiger partial charge in [-0.1, -0.05) is 42.5 Å². The number of nitriles is 1. The SMILES string of the molecule is CC(C)(C#N)c1ccc(-c2nc3ccc(-c4ccc(C(N)=O)cc4)cc3c3cn[nH]c23)cc1. The highest BCUT2D eigenvalue weighted by Crippen LogP contribution is 2.34. The first-order valence-corrected chi connectivity index (χ1v) is 10.6. The predicted molar refractivity (Wildman–Crippen MR) is 129 cm³/mol. The van der Waals surface area contributed by atoms with Gasteiger partial charge in [0.1, 0.15) is 0 Å². The Morgan fingerprint density at radius 1 is 0.939 bits per heavy atom. The maximum absolute atomic E-state index is 11.4. The van der Waals surface area contributed by atoms with Crippen molar-refractivity contribution in [3.8, 4) is 28.5 Å². The molecule has 33 heavy (non-hydrogen) atoms. The molecule has 5 aromatic rings. The van der Waals surface area contributed by atoms with Gasteiger partial charge in [0.15, 0.2) is 0 Å². The second-order valence-electron chi connectivity index (χ2n) is 8.61. The van der Waals surface area contributed by atoms with Crippen molar-refractivity contribution in [3.05, 3.63) is 84.1 Å². The molecule has 2 aromatic heterocycles. The maximum Gasteiger partial charge on any atom is 0.248 e. The molecule has 1 amide bonds. The number of carbonyl (C=O) groups excluding carboxylic acids is 1. The Bertz CT molecular complexity index is 1560. The largest absolute Gasteiger partial charge is 0.366 e. The number of primary amides is 1. The second kappa shape index (κ2) is 7.57. The van der Waals surface area contributed by atoms with Crippen molar-refractivity contribution in [1.82, 2.24) is 15.2 Å². The second-order valence-corrected chi connectivity index (χ2v) is 8.61. The fourth-order valence-corrected chi connectivity index (χ4v) is 4.02. The van der Waals surface area contributed by atoms with E-state index >= 15 is 0 Å². The van der Waals surface area contributed by atoms with Crippen LogP contribution in [0.1, 0.15) is 29.8 Å². The number of nitrogens with one attached hydrogen (secondary N) is 1.